The van der Waals surface area contributed by atoms with Gasteiger partial charge >= 0.3 is 5.97 Å². The van der Waals surface area contributed by atoms with Crippen LogP contribution in [0.2, 0.25) is 0 Å². The van der Waals surface area contributed by atoms with Crippen LogP contribution < -0.4 is 4.74 Å². The Kier molecular flexibility index (Phi) is 8.48. The predicted molar refractivity (Wildman–Crippen MR) is 130 cm³/mol. The standard InChI is InChI=1S/C29H28F4O4/c1-3-36-16-19-8-13-22(26(31)25(19)30)18-6-11-21(12-7-18)37-29(34)24-15-14-23(27(32)28(24)33)17-4-9-20(35-2)10-5-17/h4-5,8-10,13-15,18,21H,3,6-7,11-12,16H2,1-2H3. The minimum Gasteiger partial charge on any atom is -0.497 e. The molecule has 0 aliphatic heterocycles. The molecule has 1 aliphatic carbocycles. The van der Waals surface area contributed by atoms with E-state index in [-0.39, 0.29) is 29.2 Å². The molecular weight excluding hydrogens is 488 g/mol. The number of esters is 1. The first kappa shape index (κ1) is 26.7. The third-order valence-corrected chi connectivity index (χ3v) is 6.74. The average molecular weight is 517 g/mol. The summed E-state index contributed by atoms with van der Waals surface area (Å²) in [5.41, 5.74) is 0.404. The number of rotatable bonds is 8. The molecule has 37 heavy (non-hydrogen) atoms. The molecule has 0 atom stereocenters. The van der Waals surface area contributed by atoms with Crippen molar-refractivity contribution in [1.29, 1.82) is 0 Å². The summed E-state index contributed by atoms with van der Waals surface area (Å²) in [7, 11) is 1.50. The molecule has 0 amide bonds. The van der Waals surface area contributed by atoms with Crippen LogP contribution in [-0.2, 0) is 16.1 Å². The number of hydrogen-bond donors (Lipinski definition) is 0. The van der Waals surface area contributed by atoms with Gasteiger partial charge in [-0.25, -0.2) is 22.4 Å². The smallest absolute Gasteiger partial charge is 0.341 e. The van der Waals surface area contributed by atoms with Gasteiger partial charge in [-0.15, -0.1) is 0 Å². The van der Waals surface area contributed by atoms with Crippen molar-refractivity contribution in [2.24, 2.45) is 0 Å². The van der Waals surface area contributed by atoms with Gasteiger partial charge in [0.05, 0.1) is 19.3 Å². The Hall–Kier alpha value is -3.39. The number of benzene rings is 3. The molecule has 3 aromatic carbocycles. The highest BCUT2D eigenvalue weighted by Crippen LogP contribution is 2.37. The Labute approximate surface area is 213 Å². The van der Waals surface area contributed by atoms with E-state index in [4.69, 9.17) is 14.2 Å². The SMILES string of the molecule is CCOCc1ccc(C2CCC(OC(=O)c3ccc(-c4ccc(OC)cc4)c(F)c3F)CC2)c(F)c1F. The number of methoxy groups -OCH3 is 1. The lowest BCUT2D eigenvalue weighted by molar-refractivity contribution is 0.0188. The molecule has 0 radical (unpaired) electrons. The van der Waals surface area contributed by atoms with Crippen LogP contribution in [0.1, 0.15) is 60.0 Å². The normalized spacial score (nSPS) is 17.5. The lowest BCUT2D eigenvalue weighted by Crippen LogP contribution is -2.25. The van der Waals surface area contributed by atoms with Gasteiger partial charge in [-0.1, -0.05) is 30.3 Å². The maximum atomic E-state index is 14.8. The summed E-state index contributed by atoms with van der Waals surface area (Å²) < 4.78 is 74.4. The molecule has 8 heteroatoms. The van der Waals surface area contributed by atoms with Crippen LogP contribution in [0.4, 0.5) is 17.6 Å². The van der Waals surface area contributed by atoms with Gasteiger partial charge in [-0.05, 0) is 67.9 Å². The summed E-state index contributed by atoms with van der Waals surface area (Å²) in [6.07, 6.45) is 1.19. The number of ether oxygens (including phenoxy) is 3. The molecule has 0 heterocycles. The second kappa shape index (κ2) is 11.8. The van der Waals surface area contributed by atoms with Crippen molar-refractivity contribution >= 4 is 5.97 Å². The molecule has 0 aromatic heterocycles. The Balaban J connectivity index is 1.39. The molecule has 4 rings (SSSR count). The molecule has 1 saturated carbocycles. The van der Waals surface area contributed by atoms with Crippen molar-refractivity contribution in [3.8, 4) is 16.9 Å². The van der Waals surface area contributed by atoms with Gasteiger partial charge in [0, 0.05) is 17.7 Å². The van der Waals surface area contributed by atoms with Crippen molar-refractivity contribution in [2.45, 2.75) is 51.2 Å². The van der Waals surface area contributed by atoms with Crippen molar-refractivity contribution in [1.82, 2.24) is 0 Å². The van der Waals surface area contributed by atoms with Crippen LogP contribution in [0.15, 0.2) is 48.5 Å². The van der Waals surface area contributed by atoms with Crippen molar-refractivity contribution in [3.63, 3.8) is 0 Å². The molecule has 0 unspecified atom stereocenters. The fourth-order valence-corrected chi connectivity index (χ4v) is 4.65. The summed E-state index contributed by atoms with van der Waals surface area (Å²) >= 11 is 0. The third kappa shape index (κ3) is 5.80. The van der Waals surface area contributed by atoms with Gasteiger partial charge in [0.15, 0.2) is 23.3 Å². The summed E-state index contributed by atoms with van der Waals surface area (Å²) in [4.78, 5) is 12.6. The van der Waals surface area contributed by atoms with Crippen molar-refractivity contribution in [2.75, 3.05) is 13.7 Å². The number of halogens is 4. The summed E-state index contributed by atoms with van der Waals surface area (Å²) in [6, 6.07) is 12.1. The molecular formula is C29H28F4O4. The summed E-state index contributed by atoms with van der Waals surface area (Å²) in [6.45, 7) is 2.17. The number of carbonyl (C=O) groups is 1. The van der Waals surface area contributed by atoms with E-state index in [1.54, 1.807) is 37.3 Å². The maximum absolute atomic E-state index is 14.8. The van der Waals surface area contributed by atoms with Gasteiger partial charge in [-0.2, -0.15) is 0 Å². The lowest BCUT2D eigenvalue weighted by Gasteiger charge is -2.29. The van der Waals surface area contributed by atoms with E-state index in [9.17, 15) is 22.4 Å². The highest BCUT2D eigenvalue weighted by atomic mass is 19.2. The first-order valence-corrected chi connectivity index (χ1v) is 12.2. The second-order valence-electron chi connectivity index (χ2n) is 8.98. The minimum atomic E-state index is -1.28. The van der Waals surface area contributed by atoms with Crippen LogP contribution in [0.3, 0.4) is 0 Å². The Morgan fingerprint density at radius 3 is 2.19 bits per heavy atom. The van der Waals surface area contributed by atoms with Crippen LogP contribution in [0.5, 0.6) is 5.75 Å². The largest absolute Gasteiger partial charge is 0.497 e. The Morgan fingerprint density at radius 1 is 0.838 bits per heavy atom. The van der Waals surface area contributed by atoms with E-state index in [0.717, 1.165) is 0 Å². The quantitative estimate of drug-likeness (QED) is 0.232. The van der Waals surface area contributed by atoms with Gasteiger partial charge in [0.25, 0.3) is 0 Å². The highest BCUT2D eigenvalue weighted by molar-refractivity contribution is 5.90. The van der Waals surface area contributed by atoms with Crippen LogP contribution in [-0.4, -0.2) is 25.8 Å². The summed E-state index contributed by atoms with van der Waals surface area (Å²) in [5.74, 6) is -4.83. The van der Waals surface area contributed by atoms with E-state index in [1.807, 2.05) is 0 Å². The first-order valence-electron chi connectivity index (χ1n) is 12.2. The van der Waals surface area contributed by atoms with Crippen molar-refractivity contribution in [3.05, 3.63) is 88.5 Å². The molecule has 0 saturated heterocycles. The predicted octanol–water partition coefficient (Wildman–Crippen LogP) is 7.34. The topological polar surface area (TPSA) is 44.8 Å². The van der Waals surface area contributed by atoms with Gasteiger partial charge in [0.2, 0.25) is 0 Å². The van der Waals surface area contributed by atoms with Crippen LogP contribution >= 0.6 is 0 Å². The van der Waals surface area contributed by atoms with E-state index in [0.29, 0.717) is 43.6 Å². The molecule has 196 valence electrons. The fraction of sp³-hybridized carbons (Fsp3) is 0.345. The molecule has 0 bridgehead atoms. The molecule has 4 nitrogen and oxygen atoms in total. The third-order valence-electron chi connectivity index (χ3n) is 6.74. The molecule has 1 fully saturated rings. The van der Waals surface area contributed by atoms with Gasteiger partial charge < -0.3 is 14.2 Å². The fourth-order valence-electron chi connectivity index (χ4n) is 4.65. The van der Waals surface area contributed by atoms with Gasteiger partial charge in [-0.3, -0.25) is 0 Å². The minimum absolute atomic E-state index is 0.000452. The van der Waals surface area contributed by atoms with E-state index in [1.165, 1.54) is 25.3 Å². The van der Waals surface area contributed by atoms with Gasteiger partial charge in [0.1, 0.15) is 11.9 Å². The van der Waals surface area contributed by atoms with E-state index < -0.39 is 40.9 Å². The van der Waals surface area contributed by atoms with E-state index >= 15 is 0 Å². The van der Waals surface area contributed by atoms with E-state index in [2.05, 4.69) is 0 Å². The average Bonchev–Trinajstić information content (AvgIpc) is 2.91. The maximum Gasteiger partial charge on any atom is 0.341 e. The summed E-state index contributed by atoms with van der Waals surface area (Å²) in [5, 5.41) is 0. The second-order valence-corrected chi connectivity index (χ2v) is 8.98. The lowest BCUT2D eigenvalue weighted by atomic mass is 9.82. The van der Waals surface area contributed by atoms with Crippen LogP contribution in [0.25, 0.3) is 11.1 Å². The zero-order chi connectivity index (χ0) is 26.5. The number of hydrogen-bond acceptors (Lipinski definition) is 4. The molecule has 1 aliphatic rings. The Morgan fingerprint density at radius 2 is 1.54 bits per heavy atom. The number of carbonyl (C=O) groups excluding carboxylic acids is 1. The zero-order valence-electron chi connectivity index (χ0n) is 20.7. The van der Waals surface area contributed by atoms with Crippen molar-refractivity contribution < 1.29 is 36.6 Å². The Bertz CT molecular complexity index is 1250. The zero-order valence-corrected chi connectivity index (χ0v) is 20.7. The monoisotopic (exact) mass is 516 g/mol. The molecule has 0 spiro atoms. The molecule has 0 N–H and O–H groups in total. The highest BCUT2D eigenvalue weighted by Gasteiger charge is 2.29. The first-order chi connectivity index (χ1) is 17.8. The molecule has 3 aromatic rings. The van der Waals surface area contributed by atoms with Crippen LogP contribution in [0, 0.1) is 23.3 Å².